The minimum absolute atomic E-state index is 0.0555. The van der Waals surface area contributed by atoms with E-state index in [9.17, 15) is 4.79 Å². The summed E-state index contributed by atoms with van der Waals surface area (Å²) in [5, 5.41) is 3.51. The third-order valence-electron chi connectivity index (χ3n) is 4.31. The molecular formula is C21H23NO2. The Morgan fingerprint density at radius 3 is 2.71 bits per heavy atom. The van der Waals surface area contributed by atoms with Crippen LogP contribution < -0.4 is 10.1 Å². The molecule has 3 heteroatoms. The van der Waals surface area contributed by atoms with Gasteiger partial charge >= 0.3 is 0 Å². The summed E-state index contributed by atoms with van der Waals surface area (Å²) in [6, 6.07) is 13.7. The summed E-state index contributed by atoms with van der Waals surface area (Å²) >= 11 is 0. The normalized spacial score (nSPS) is 17.1. The second-order valence-electron chi connectivity index (χ2n) is 6.97. The van der Waals surface area contributed by atoms with Crippen molar-refractivity contribution in [1.82, 2.24) is 5.32 Å². The molecule has 0 saturated heterocycles. The largest absolute Gasteiger partial charge is 0.496 e. The monoisotopic (exact) mass is 321 g/mol. The number of carbonyl (C=O) groups excluding carboxylic acids is 1. The SMILES string of the molecule is COc1ccccc1C(=O)C=C1NC(C)(C)Cc2ccc(C)cc21. The number of aryl methyl sites for hydroxylation is 1. The van der Waals surface area contributed by atoms with Gasteiger partial charge < -0.3 is 10.1 Å². The van der Waals surface area contributed by atoms with E-state index in [0.29, 0.717) is 11.3 Å². The van der Waals surface area contributed by atoms with Crippen LogP contribution in [0, 0.1) is 6.92 Å². The number of benzene rings is 2. The number of carbonyl (C=O) groups is 1. The first kappa shape index (κ1) is 16.3. The van der Waals surface area contributed by atoms with E-state index < -0.39 is 0 Å². The van der Waals surface area contributed by atoms with Gasteiger partial charge in [0.25, 0.3) is 0 Å². The fraction of sp³-hybridized carbons (Fsp3) is 0.286. The molecule has 2 aromatic rings. The molecule has 1 aliphatic heterocycles. The molecule has 0 atom stereocenters. The summed E-state index contributed by atoms with van der Waals surface area (Å²) < 4.78 is 5.31. The van der Waals surface area contributed by atoms with Crippen LogP contribution in [0.15, 0.2) is 48.5 Å². The van der Waals surface area contributed by atoms with E-state index in [1.807, 2.05) is 18.2 Å². The highest BCUT2D eigenvalue weighted by atomic mass is 16.5. The van der Waals surface area contributed by atoms with Gasteiger partial charge in [-0.25, -0.2) is 0 Å². The molecule has 1 N–H and O–H groups in total. The number of methoxy groups -OCH3 is 1. The molecule has 0 aromatic heterocycles. The number of fused-ring (bicyclic) bond motifs is 1. The lowest BCUT2D eigenvalue weighted by Gasteiger charge is -2.35. The second-order valence-corrected chi connectivity index (χ2v) is 6.97. The molecule has 24 heavy (non-hydrogen) atoms. The molecule has 0 radical (unpaired) electrons. The molecule has 0 spiro atoms. The first-order chi connectivity index (χ1) is 11.4. The molecular weight excluding hydrogens is 298 g/mol. The number of hydrogen-bond acceptors (Lipinski definition) is 3. The maximum Gasteiger partial charge on any atom is 0.191 e. The zero-order valence-corrected chi connectivity index (χ0v) is 14.6. The summed E-state index contributed by atoms with van der Waals surface area (Å²) in [7, 11) is 1.58. The standard InChI is InChI=1S/C21H23NO2/c1-14-9-10-15-13-21(2,3)22-18(17(15)11-14)12-19(23)16-7-5-6-8-20(16)24-4/h5-12,22H,13H2,1-4H3. The molecule has 1 heterocycles. The van der Waals surface area contributed by atoms with Gasteiger partial charge in [0.05, 0.1) is 12.7 Å². The van der Waals surface area contributed by atoms with Gasteiger partial charge in [-0.15, -0.1) is 0 Å². The van der Waals surface area contributed by atoms with Crippen molar-refractivity contribution in [2.24, 2.45) is 0 Å². The van der Waals surface area contributed by atoms with Crippen molar-refractivity contribution in [3.63, 3.8) is 0 Å². The molecule has 3 nitrogen and oxygen atoms in total. The molecule has 0 bridgehead atoms. The van der Waals surface area contributed by atoms with E-state index >= 15 is 0 Å². The van der Waals surface area contributed by atoms with Gasteiger partial charge in [-0.05, 0) is 51.0 Å². The fourth-order valence-electron chi connectivity index (χ4n) is 3.22. The predicted molar refractivity (Wildman–Crippen MR) is 97.4 cm³/mol. The number of allylic oxidation sites excluding steroid dienone is 1. The quantitative estimate of drug-likeness (QED) is 0.682. The zero-order valence-electron chi connectivity index (χ0n) is 14.6. The fourth-order valence-corrected chi connectivity index (χ4v) is 3.22. The van der Waals surface area contributed by atoms with Crippen LogP contribution in [-0.4, -0.2) is 18.4 Å². The summed E-state index contributed by atoms with van der Waals surface area (Å²) in [5.41, 5.74) is 4.93. The van der Waals surface area contributed by atoms with Crippen LogP contribution in [-0.2, 0) is 6.42 Å². The van der Waals surface area contributed by atoms with Crippen LogP contribution in [0.3, 0.4) is 0 Å². The van der Waals surface area contributed by atoms with Gasteiger partial charge in [0.2, 0.25) is 0 Å². The maximum atomic E-state index is 12.8. The van der Waals surface area contributed by atoms with Crippen molar-refractivity contribution in [3.05, 3.63) is 70.8 Å². The average molecular weight is 321 g/mol. The van der Waals surface area contributed by atoms with E-state index in [-0.39, 0.29) is 11.3 Å². The lowest BCUT2D eigenvalue weighted by atomic mass is 9.85. The maximum absolute atomic E-state index is 12.8. The first-order valence-corrected chi connectivity index (χ1v) is 8.17. The zero-order chi connectivity index (χ0) is 17.3. The number of rotatable bonds is 3. The van der Waals surface area contributed by atoms with Crippen LogP contribution in [0.4, 0.5) is 0 Å². The van der Waals surface area contributed by atoms with Gasteiger partial charge in [-0.3, -0.25) is 4.79 Å². The van der Waals surface area contributed by atoms with Crippen LogP contribution in [0.25, 0.3) is 5.70 Å². The molecule has 0 fully saturated rings. The smallest absolute Gasteiger partial charge is 0.191 e. The Labute approximate surface area is 143 Å². The van der Waals surface area contributed by atoms with E-state index in [0.717, 1.165) is 17.7 Å². The summed E-state index contributed by atoms with van der Waals surface area (Å²) in [6.07, 6.45) is 2.62. The Kier molecular flexibility index (Phi) is 4.18. The third-order valence-corrected chi connectivity index (χ3v) is 4.31. The van der Waals surface area contributed by atoms with Gasteiger partial charge in [0.1, 0.15) is 5.75 Å². The molecule has 3 rings (SSSR count). The average Bonchev–Trinajstić information content (AvgIpc) is 2.54. The van der Waals surface area contributed by atoms with Gasteiger partial charge in [-0.2, -0.15) is 0 Å². The predicted octanol–water partition coefficient (Wildman–Crippen LogP) is 4.15. The molecule has 0 unspecified atom stereocenters. The van der Waals surface area contributed by atoms with Gasteiger partial charge in [0, 0.05) is 22.9 Å². The highest BCUT2D eigenvalue weighted by molar-refractivity contribution is 6.10. The molecule has 0 amide bonds. The minimum Gasteiger partial charge on any atom is -0.496 e. The minimum atomic E-state index is -0.0881. The van der Waals surface area contributed by atoms with Crippen LogP contribution >= 0.6 is 0 Å². The molecule has 124 valence electrons. The Bertz CT molecular complexity index is 818. The third kappa shape index (κ3) is 3.21. The Morgan fingerprint density at radius 2 is 1.96 bits per heavy atom. The molecule has 0 aliphatic carbocycles. The van der Waals surface area contributed by atoms with Crippen molar-refractivity contribution in [1.29, 1.82) is 0 Å². The Balaban J connectivity index is 2.06. The van der Waals surface area contributed by atoms with Gasteiger partial charge in [-0.1, -0.05) is 29.8 Å². The lowest BCUT2D eigenvalue weighted by Crippen LogP contribution is -2.43. The van der Waals surface area contributed by atoms with Gasteiger partial charge in [0.15, 0.2) is 5.78 Å². The summed E-state index contributed by atoms with van der Waals surface area (Å²) in [6.45, 7) is 6.37. The highest BCUT2D eigenvalue weighted by Gasteiger charge is 2.28. The van der Waals surface area contributed by atoms with E-state index in [1.54, 1.807) is 19.3 Å². The van der Waals surface area contributed by atoms with Crippen molar-refractivity contribution in [3.8, 4) is 5.75 Å². The number of ether oxygens (including phenoxy) is 1. The number of hydrogen-bond donors (Lipinski definition) is 1. The Hall–Kier alpha value is -2.55. The number of nitrogens with one attached hydrogen (secondary N) is 1. The summed E-state index contributed by atoms with van der Waals surface area (Å²) in [5.74, 6) is 0.541. The van der Waals surface area contributed by atoms with Crippen LogP contribution in [0.2, 0.25) is 0 Å². The summed E-state index contributed by atoms with van der Waals surface area (Å²) in [4.78, 5) is 12.8. The lowest BCUT2D eigenvalue weighted by molar-refractivity contribution is 0.104. The van der Waals surface area contributed by atoms with Crippen LogP contribution in [0.1, 0.15) is 40.9 Å². The van der Waals surface area contributed by atoms with Crippen molar-refractivity contribution >= 4 is 11.5 Å². The van der Waals surface area contributed by atoms with Crippen molar-refractivity contribution in [2.45, 2.75) is 32.7 Å². The number of ketones is 1. The van der Waals surface area contributed by atoms with E-state index in [1.165, 1.54) is 11.1 Å². The molecule has 2 aromatic carbocycles. The van der Waals surface area contributed by atoms with Crippen LogP contribution in [0.5, 0.6) is 5.75 Å². The topological polar surface area (TPSA) is 38.3 Å². The number of para-hydroxylation sites is 1. The second kappa shape index (κ2) is 6.16. The van der Waals surface area contributed by atoms with E-state index in [2.05, 4.69) is 44.3 Å². The Morgan fingerprint density at radius 1 is 1.21 bits per heavy atom. The molecule has 0 saturated carbocycles. The van der Waals surface area contributed by atoms with E-state index in [4.69, 9.17) is 4.74 Å². The van der Waals surface area contributed by atoms with Crippen molar-refractivity contribution in [2.75, 3.05) is 7.11 Å². The highest BCUT2D eigenvalue weighted by Crippen LogP contribution is 2.31. The first-order valence-electron chi connectivity index (χ1n) is 8.17. The van der Waals surface area contributed by atoms with Crippen molar-refractivity contribution < 1.29 is 9.53 Å². The molecule has 1 aliphatic rings.